The largest absolute Gasteiger partial charge is 0.460 e. The molecule has 0 aromatic carbocycles. The Balaban J connectivity index is 1.73. The maximum absolute atomic E-state index is 13.0. The summed E-state index contributed by atoms with van der Waals surface area (Å²) in [6.07, 6.45) is 0.831. The van der Waals surface area contributed by atoms with Gasteiger partial charge in [-0.2, -0.15) is 0 Å². The number of hydrogen-bond acceptors (Lipinski definition) is 6. The third-order valence-corrected chi connectivity index (χ3v) is 7.27. The molecule has 0 spiro atoms. The molecule has 1 aliphatic rings. The highest BCUT2D eigenvalue weighted by Gasteiger charge is 2.43. The molecular weight excluding hydrogens is 400 g/mol. The first-order chi connectivity index (χ1) is 13.1. The number of carbonyl (C=O) groups is 2. The van der Waals surface area contributed by atoms with Crippen molar-refractivity contribution in [2.24, 2.45) is 5.41 Å². The summed E-state index contributed by atoms with van der Waals surface area (Å²) in [5.74, 6) is 0.298. The van der Waals surface area contributed by atoms with Gasteiger partial charge >= 0.3 is 0 Å². The molecule has 0 aliphatic carbocycles. The van der Waals surface area contributed by atoms with E-state index in [1.165, 1.54) is 11.3 Å². The average Bonchev–Trinajstić information content (AvgIpc) is 3.33. The highest BCUT2D eigenvalue weighted by molar-refractivity contribution is 7.90. The van der Waals surface area contributed by atoms with Crippen LogP contribution in [0.15, 0.2) is 28.0 Å². The first kappa shape index (κ1) is 20.6. The van der Waals surface area contributed by atoms with Crippen LogP contribution in [0.2, 0.25) is 0 Å². The van der Waals surface area contributed by atoms with Gasteiger partial charge in [0, 0.05) is 13.1 Å². The number of furan rings is 1. The Morgan fingerprint density at radius 1 is 1.39 bits per heavy atom. The van der Waals surface area contributed by atoms with E-state index in [1.807, 2.05) is 17.5 Å². The summed E-state index contributed by atoms with van der Waals surface area (Å²) in [5.41, 5.74) is -0.475. The maximum Gasteiger partial charge on any atom is 0.257 e. The molecule has 3 rings (SSSR count). The van der Waals surface area contributed by atoms with Crippen molar-refractivity contribution in [1.29, 1.82) is 0 Å². The smallest absolute Gasteiger partial charge is 0.257 e. The zero-order valence-corrected chi connectivity index (χ0v) is 17.8. The maximum atomic E-state index is 13.0. The molecule has 1 atom stereocenters. The number of carbonyl (C=O) groups excluding carboxylic acids is 2. The van der Waals surface area contributed by atoms with Gasteiger partial charge in [0.15, 0.2) is 0 Å². The number of nitrogens with one attached hydrogen (secondary N) is 1. The van der Waals surface area contributed by atoms with Gasteiger partial charge in [-0.05, 0) is 44.2 Å². The Hall–Kier alpha value is -2.13. The second-order valence-corrected chi connectivity index (χ2v) is 10.1. The summed E-state index contributed by atoms with van der Waals surface area (Å²) in [6.45, 7) is 5.72. The molecule has 0 radical (unpaired) electrons. The van der Waals surface area contributed by atoms with Crippen LogP contribution in [0, 0.1) is 12.3 Å². The van der Waals surface area contributed by atoms with Crippen molar-refractivity contribution in [3.8, 4) is 10.6 Å². The lowest BCUT2D eigenvalue weighted by molar-refractivity contribution is -0.127. The van der Waals surface area contributed by atoms with Gasteiger partial charge in [0.2, 0.25) is 15.9 Å². The molecular formula is C19H24N2O5S2. The molecule has 1 aliphatic heterocycles. The third-order valence-electron chi connectivity index (χ3n) is 4.94. The van der Waals surface area contributed by atoms with Crippen molar-refractivity contribution >= 4 is 33.2 Å². The second-order valence-electron chi connectivity index (χ2n) is 7.35. The summed E-state index contributed by atoms with van der Waals surface area (Å²) in [4.78, 5) is 28.0. The summed E-state index contributed by atoms with van der Waals surface area (Å²) in [6, 6.07) is 5.56. The van der Waals surface area contributed by atoms with E-state index in [9.17, 15) is 18.0 Å². The Morgan fingerprint density at radius 3 is 2.79 bits per heavy atom. The molecule has 3 heterocycles. The van der Waals surface area contributed by atoms with Crippen molar-refractivity contribution in [3.63, 3.8) is 0 Å². The van der Waals surface area contributed by atoms with Crippen molar-refractivity contribution < 1.29 is 22.4 Å². The molecule has 1 N–H and O–H groups in total. The van der Waals surface area contributed by atoms with Crippen LogP contribution in [0.25, 0.3) is 10.6 Å². The number of amides is 2. The van der Waals surface area contributed by atoms with E-state index in [2.05, 4.69) is 4.72 Å². The quantitative estimate of drug-likeness (QED) is 0.769. The van der Waals surface area contributed by atoms with Crippen LogP contribution in [0.5, 0.6) is 0 Å². The Morgan fingerprint density at radius 2 is 2.14 bits per heavy atom. The summed E-state index contributed by atoms with van der Waals surface area (Å²) in [5, 5.41) is 1.94. The molecule has 1 unspecified atom stereocenters. The number of thiophene rings is 1. The Labute approximate surface area is 168 Å². The topological polar surface area (TPSA) is 96.7 Å². The van der Waals surface area contributed by atoms with E-state index in [0.29, 0.717) is 36.5 Å². The molecule has 7 nitrogen and oxygen atoms in total. The predicted molar refractivity (Wildman–Crippen MR) is 108 cm³/mol. The summed E-state index contributed by atoms with van der Waals surface area (Å²) >= 11 is 1.53. The van der Waals surface area contributed by atoms with Gasteiger partial charge < -0.3 is 9.32 Å². The SMILES string of the molecule is CCCS(=O)(=O)NC(=O)C1(C)CCN(C(=O)c2cc(-c3cccs3)oc2C)C1. The molecule has 2 aromatic heterocycles. The number of hydrogen-bond donors (Lipinski definition) is 1. The van der Waals surface area contributed by atoms with Crippen LogP contribution in [0.4, 0.5) is 0 Å². The van der Waals surface area contributed by atoms with Gasteiger partial charge in [0.1, 0.15) is 11.5 Å². The number of likely N-dealkylation sites (tertiary alicyclic amines) is 1. The standard InChI is InChI=1S/C19H24N2O5S2/c1-4-10-28(24,25)20-18(23)19(3)7-8-21(12-19)17(22)14-11-15(26-13(14)2)16-6-5-9-27-16/h5-6,9,11H,4,7-8,10,12H2,1-3H3,(H,20,23). The molecule has 152 valence electrons. The second kappa shape index (κ2) is 7.71. The first-order valence-electron chi connectivity index (χ1n) is 9.14. The monoisotopic (exact) mass is 424 g/mol. The molecule has 1 fully saturated rings. The normalized spacial score (nSPS) is 19.8. The number of sulfonamides is 1. The Bertz CT molecular complexity index is 978. The third kappa shape index (κ3) is 4.15. The lowest BCUT2D eigenvalue weighted by Crippen LogP contribution is -2.44. The highest BCUT2D eigenvalue weighted by atomic mass is 32.2. The molecule has 9 heteroatoms. The molecule has 28 heavy (non-hydrogen) atoms. The van der Waals surface area contributed by atoms with Crippen LogP contribution in [-0.4, -0.2) is 44.0 Å². The zero-order valence-electron chi connectivity index (χ0n) is 16.1. The predicted octanol–water partition coefficient (Wildman–Crippen LogP) is 3.02. The minimum absolute atomic E-state index is 0.100. The minimum atomic E-state index is -3.64. The zero-order chi connectivity index (χ0) is 20.5. The van der Waals surface area contributed by atoms with E-state index >= 15 is 0 Å². The van der Waals surface area contributed by atoms with Crippen molar-refractivity contribution in [3.05, 3.63) is 34.9 Å². The fourth-order valence-corrected chi connectivity index (χ4v) is 5.15. The van der Waals surface area contributed by atoms with E-state index in [1.54, 1.807) is 31.7 Å². The van der Waals surface area contributed by atoms with E-state index in [4.69, 9.17) is 4.42 Å². The van der Waals surface area contributed by atoms with Crippen LogP contribution >= 0.6 is 11.3 Å². The van der Waals surface area contributed by atoms with Gasteiger partial charge in [-0.25, -0.2) is 8.42 Å². The van der Waals surface area contributed by atoms with Crippen LogP contribution in [0.1, 0.15) is 42.8 Å². The van der Waals surface area contributed by atoms with Crippen LogP contribution in [-0.2, 0) is 14.8 Å². The summed E-state index contributed by atoms with van der Waals surface area (Å²) in [7, 11) is -3.64. The van der Waals surface area contributed by atoms with E-state index in [0.717, 1.165) is 4.88 Å². The molecule has 1 saturated heterocycles. The van der Waals surface area contributed by atoms with E-state index < -0.39 is 21.3 Å². The molecule has 2 amide bonds. The Kier molecular flexibility index (Phi) is 5.67. The van der Waals surface area contributed by atoms with Gasteiger partial charge in [-0.3, -0.25) is 14.3 Å². The number of rotatable bonds is 6. The van der Waals surface area contributed by atoms with Crippen LogP contribution in [0.3, 0.4) is 0 Å². The van der Waals surface area contributed by atoms with Gasteiger partial charge in [-0.1, -0.05) is 13.0 Å². The fraction of sp³-hybridized carbons (Fsp3) is 0.474. The van der Waals surface area contributed by atoms with Gasteiger partial charge in [0.25, 0.3) is 5.91 Å². The lowest BCUT2D eigenvalue weighted by Gasteiger charge is -2.23. The van der Waals surface area contributed by atoms with E-state index in [-0.39, 0.29) is 18.2 Å². The molecule has 0 saturated carbocycles. The van der Waals surface area contributed by atoms with Crippen molar-refractivity contribution in [2.45, 2.75) is 33.6 Å². The highest BCUT2D eigenvalue weighted by Crippen LogP contribution is 2.34. The minimum Gasteiger partial charge on any atom is -0.460 e. The number of nitrogens with zero attached hydrogens (tertiary/aromatic N) is 1. The van der Waals surface area contributed by atoms with Crippen molar-refractivity contribution in [2.75, 3.05) is 18.8 Å². The van der Waals surface area contributed by atoms with Crippen molar-refractivity contribution in [1.82, 2.24) is 9.62 Å². The first-order valence-corrected chi connectivity index (χ1v) is 11.7. The van der Waals surface area contributed by atoms with Crippen LogP contribution < -0.4 is 4.72 Å². The fourth-order valence-electron chi connectivity index (χ4n) is 3.31. The number of aryl methyl sites for hydroxylation is 1. The summed E-state index contributed by atoms with van der Waals surface area (Å²) < 4.78 is 31.7. The molecule has 0 bridgehead atoms. The van der Waals surface area contributed by atoms with Gasteiger partial charge in [-0.15, -0.1) is 11.3 Å². The average molecular weight is 425 g/mol. The lowest BCUT2D eigenvalue weighted by atomic mass is 9.89. The van der Waals surface area contributed by atoms with Gasteiger partial charge in [0.05, 0.1) is 21.6 Å². The molecule has 2 aromatic rings.